The van der Waals surface area contributed by atoms with E-state index in [1.54, 1.807) is 6.33 Å². The van der Waals surface area contributed by atoms with Crippen molar-refractivity contribution in [3.05, 3.63) is 41.9 Å². The number of nitrogens with zero attached hydrogens (tertiary/aromatic N) is 4. The van der Waals surface area contributed by atoms with Gasteiger partial charge in [0.05, 0.1) is 15.2 Å². The van der Waals surface area contributed by atoms with Crippen molar-refractivity contribution in [1.82, 2.24) is 19.9 Å². The van der Waals surface area contributed by atoms with Crippen LogP contribution in [-0.2, 0) is 0 Å². The fraction of sp³-hybridized carbons (Fsp3) is 0.421. The Morgan fingerprint density at radius 1 is 1.08 bits per heavy atom. The van der Waals surface area contributed by atoms with E-state index in [0.717, 1.165) is 35.8 Å². The number of aromatic nitrogens is 3. The number of benzene rings is 1. The van der Waals surface area contributed by atoms with Crippen LogP contribution in [0.25, 0.3) is 21.3 Å². The van der Waals surface area contributed by atoms with Crippen LogP contribution in [0.2, 0.25) is 0 Å². The summed E-state index contributed by atoms with van der Waals surface area (Å²) < 4.78 is 1.26. The quantitative estimate of drug-likeness (QED) is 0.694. The van der Waals surface area contributed by atoms with Gasteiger partial charge in [0.2, 0.25) is 0 Å². The van der Waals surface area contributed by atoms with E-state index >= 15 is 0 Å². The molecule has 0 aliphatic heterocycles. The first-order valence-electron chi connectivity index (χ1n) is 8.68. The molecule has 1 aromatic carbocycles. The summed E-state index contributed by atoms with van der Waals surface area (Å²) in [4.78, 5) is 15.7. The van der Waals surface area contributed by atoms with Gasteiger partial charge in [-0.05, 0) is 43.6 Å². The van der Waals surface area contributed by atoms with Gasteiger partial charge in [-0.15, -0.1) is 11.3 Å². The molecule has 0 saturated heterocycles. The lowest BCUT2D eigenvalue weighted by Gasteiger charge is -2.41. The Bertz CT molecular complexity index is 820. The van der Waals surface area contributed by atoms with Crippen molar-refractivity contribution in [3.63, 3.8) is 0 Å². The lowest BCUT2D eigenvalue weighted by molar-refractivity contribution is 0.120. The zero-order valence-electron chi connectivity index (χ0n) is 14.1. The summed E-state index contributed by atoms with van der Waals surface area (Å²) in [5, 5.41) is 1.30. The molecule has 0 spiro atoms. The summed E-state index contributed by atoms with van der Waals surface area (Å²) in [5.74, 6) is 0.636. The van der Waals surface area contributed by atoms with E-state index in [-0.39, 0.29) is 0 Å². The molecule has 124 valence electrons. The van der Waals surface area contributed by atoms with Gasteiger partial charge >= 0.3 is 0 Å². The topological polar surface area (TPSA) is 41.9 Å². The van der Waals surface area contributed by atoms with Crippen molar-refractivity contribution in [2.75, 3.05) is 13.1 Å². The molecule has 0 N–H and O–H groups in total. The van der Waals surface area contributed by atoms with E-state index in [2.05, 4.69) is 46.9 Å². The van der Waals surface area contributed by atoms with E-state index in [1.807, 2.05) is 23.7 Å². The van der Waals surface area contributed by atoms with Crippen LogP contribution in [0.1, 0.15) is 37.6 Å². The van der Waals surface area contributed by atoms with Crippen LogP contribution in [-0.4, -0.2) is 39.0 Å². The van der Waals surface area contributed by atoms with Gasteiger partial charge in [-0.3, -0.25) is 0 Å². The van der Waals surface area contributed by atoms with Crippen molar-refractivity contribution < 1.29 is 0 Å². The predicted octanol–water partition coefficient (Wildman–Crippen LogP) is 4.34. The number of fused-ring (bicyclic) bond motifs is 1. The first-order chi connectivity index (χ1) is 11.8. The van der Waals surface area contributed by atoms with Crippen molar-refractivity contribution in [2.45, 2.75) is 38.6 Å². The van der Waals surface area contributed by atoms with Crippen molar-refractivity contribution in [3.8, 4) is 11.1 Å². The smallest absolute Gasteiger partial charge is 0.115 e. The number of thiazole rings is 1. The van der Waals surface area contributed by atoms with Crippen molar-refractivity contribution in [2.24, 2.45) is 0 Å². The zero-order valence-corrected chi connectivity index (χ0v) is 15.0. The maximum atomic E-state index is 4.88. The van der Waals surface area contributed by atoms with E-state index in [0.29, 0.717) is 5.92 Å². The molecule has 4 nitrogen and oxygen atoms in total. The summed E-state index contributed by atoms with van der Waals surface area (Å²) in [5.41, 5.74) is 3.33. The second-order valence-corrected chi connectivity index (χ2v) is 7.47. The Balaban J connectivity index is 1.55. The average Bonchev–Trinajstić information content (AvgIpc) is 3.00. The van der Waals surface area contributed by atoms with Crippen LogP contribution < -0.4 is 0 Å². The van der Waals surface area contributed by atoms with Crippen molar-refractivity contribution in [1.29, 1.82) is 0 Å². The van der Waals surface area contributed by atoms with E-state index in [1.165, 1.54) is 22.5 Å². The molecule has 0 radical (unpaired) electrons. The third kappa shape index (κ3) is 2.82. The summed E-state index contributed by atoms with van der Waals surface area (Å²) >= 11 is 1.85. The monoisotopic (exact) mass is 338 g/mol. The Hall–Kier alpha value is -1.85. The van der Waals surface area contributed by atoms with Gasteiger partial charge in [-0.1, -0.05) is 19.9 Å². The first-order valence-corrected chi connectivity index (χ1v) is 9.50. The van der Waals surface area contributed by atoms with Gasteiger partial charge < -0.3 is 4.90 Å². The number of hydrogen-bond donors (Lipinski definition) is 0. The third-order valence-corrected chi connectivity index (χ3v) is 6.27. The first kappa shape index (κ1) is 15.7. The fourth-order valence-electron chi connectivity index (χ4n) is 3.57. The minimum absolute atomic E-state index is 0.636. The molecule has 1 saturated carbocycles. The van der Waals surface area contributed by atoms with Gasteiger partial charge in [-0.2, -0.15) is 0 Å². The molecule has 1 aliphatic rings. The Morgan fingerprint density at radius 3 is 2.54 bits per heavy atom. The van der Waals surface area contributed by atoms with Gasteiger partial charge in [-0.25, -0.2) is 15.0 Å². The Kier molecular flexibility index (Phi) is 4.29. The lowest BCUT2D eigenvalue weighted by Crippen LogP contribution is -2.43. The highest BCUT2D eigenvalue weighted by molar-refractivity contribution is 7.18. The van der Waals surface area contributed by atoms with E-state index < -0.39 is 0 Å². The molecule has 2 aromatic heterocycles. The molecule has 0 atom stereocenters. The van der Waals surface area contributed by atoms with Crippen LogP contribution in [0.15, 0.2) is 36.9 Å². The van der Waals surface area contributed by atoms with E-state index in [4.69, 9.17) is 4.98 Å². The molecule has 4 rings (SSSR count). The zero-order chi connectivity index (χ0) is 16.5. The molecule has 1 fully saturated rings. The Labute approximate surface area is 146 Å². The molecule has 3 aromatic rings. The maximum absolute atomic E-state index is 4.88. The van der Waals surface area contributed by atoms with Crippen LogP contribution in [0.4, 0.5) is 0 Å². The summed E-state index contributed by atoms with van der Waals surface area (Å²) in [6.07, 6.45) is 7.78. The molecule has 0 unspecified atom stereocenters. The van der Waals surface area contributed by atoms with Crippen molar-refractivity contribution >= 4 is 21.6 Å². The molecular formula is C19H22N4S. The maximum Gasteiger partial charge on any atom is 0.115 e. The number of hydrogen-bond acceptors (Lipinski definition) is 5. The minimum Gasteiger partial charge on any atom is -0.301 e. The largest absolute Gasteiger partial charge is 0.301 e. The molecule has 0 bridgehead atoms. The summed E-state index contributed by atoms with van der Waals surface area (Å²) in [6, 6.07) is 7.20. The van der Waals surface area contributed by atoms with Crippen LogP contribution in [0.3, 0.4) is 0 Å². The highest BCUT2D eigenvalue weighted by atomic mass is 32.1. The average molecular weight is 338 g/mol. The fourth-order valence-corrected chi connectivity index (χ4v) is 4.70. The van der Waals surface area contributed by atoms with E-state index in [9.17, 15) is 0 Å². The second-order valence-electron chi connectivity index (χ2n) is 6.41. The minimum atomic E-state index is 0.636. The molecule has 0 amide bonds. The SMILES string of the molecule is CCN(CC)[C@H]1C[C@H](c2nc3ccc(-c4cncnc4)cc3s2)C1. The van der Waals surface area contributed by atoms with Gasteiger partial charge in [0.25, 0.3) is 0 Å². The highest BCUT2D eigenvalue weighted by Crippen LogP contribution is 2.42. The normalized spacial score (nSPS) is 20.5. The summed E-state index contributed by atoms with van der Waals surface area (Å²) in [6.45, 7) is 6.80. The summed E-state index contributed by atoms with van der Waals surface area (Å²) in [7, 11) is 0. The van der Waals surface area contributed by atoms with Gasteiger partial charge in [0.15, 0.2) is 0 Å². The van der Waals surface area contributed by atoms with Crippen LogP contribution in [0.5, 0.6) is 0 Å². The van der Waals surface area contributed by atoms with Crippen LogP contribution >= 0.6 is 11.3 Å². The second kappa shape index (κ2) is 6.57. The van der Waals surface area contributed by atoms with Gasteiger partial charge in [0.1, 0.15) is 6.33 Å². The molecule has 2 heterocycles. The standard InChI is InChI=1S/C19H22N4S/c1-3-23(4-2)16-7-14(8-16)19-22-17-6-5-13(9-18(17)24-19)15-10-20-12-21-11-15/h5-6,9-12,14,16H,3-4,7-8H2,1-2H3/t14-,16-. The lowest BCUT2D eigenvalue weighted by atomic mass is 9.79. The predicted molar refractivity (Wildman–Crippen MR) is 99.3 cm³/mol. The molecule has 1 aliphatic carbocycles. The molecule has 5 heteroatoms. The molecular weight excluding hydrogens is 316 g/mol. The highest BCUT2D eigenvalue weighted by Gasteiger charge is 2.35. The number of rotatable bonds is 5. The van der Waals surface area contributed by atoms with Gasteiger partial charge in [0, 0.05) is 29.9 Å². The Morgan fingerprint density at radius 2 is 1.83 bits per heavy atom. The third-order valence-electron chi connectivity index (χ3n) is 5.09. The molecule has 24 heavy (non-hydrogen) atoms. The van der Waals surface area contributed by atoms with Crippen LogP contribution in [0, 0.1) is 0 Å².